The molecule has 1 heterocycles. The van der Waals surface area contributed by atoms with Crippen molar-refractivity contribution in [3.8, 4) is 0 Å². The Balaban J connectivity index is 2.65. The van der Waals surface area contributed by atoms with Crippen LogP contribution in [0.25, 0.3) is 0 Å². The summed E-state index contributed by atoms with van der Waals surface area (Å²) in [6.45, 7) is 14.3. The molecule has 1 saturated heterocycles. The van der Waals surface area contributed by atoms with Crippen molar-refractivity contribution in [1.82, 2.24) is 9.80 Å². The third-order valence-electron chi connectivity index (χ3n) is 4.27. The van der Waals surface area contributed by atoms with Crippen LogP contribution >= 0.6 is 0 Å². The largest absolute Gasteiger partial charge is 0.444 e. The standard InChI is InChI=1S/C16H33N3O2/c1-6-10-19(7-2)16(13-17)8-11-18(12-9-16)14(20)21-15(3,4)5/h6-13,17H2,1-5H3. The van der Waals surface area contributed by atoms with Crippen LogP contribution in [0.15, 0.2) is 0 Å². The van der Waals surface area contributed by atoms with Crippen LogP contribution in [0.5, 0.6) is 0 Å². The summed E-state index contributed by atoms with van der Waals surface area (Å²) < 4.78 is 5.46. The Kier molecular flexibility index (Phi) is 6.47. The maximum absolute atomic E-state index is 12.1. The number of carbonyl (C=O) groups excluding carboxylic acids is 1. The van der Waals surface area contributed by atoms with Crippen LogP contribution < -0.4 is 5.73 Å². The Hall–Kier alpha value is -0.810. The fourth-order valence-corrected chi connectivity index (χ4v) is 3.08. The molecular formula is C16H33N3O2. The number of nitrogens with two attached hydrogens (primary N) is 1. The number of likely N-dealkylation sites (N-methyl/N-ethyl adjacent to an activating group) is 1. The smallest absolute Gasteiger partial charge is 0.410 e. The van der Waals surface area contributed by atoms with E-state index in [1.54, 1.807) is 0 Å². The molecule has 1 rings (SSSR count). The van der Waals surface area contributed by atoms with Crippen molar-refractivity contribution < 1.29 is 9.53 Å². The van der Waals surface area contributed by atoms with Gasteiger partial charge in [0.1, 0.15) is 5.60 Å². The van der Waals surface area contributed by atoms with Gasteiger partial charge in [0.25, 0.3) is 0 Å². The van der Waals surface area contributed by atoms with E-state index in [-0.39, 0.29) is 11.6 Å². The monoisotopic (exact) mass is 299 g/mol. The Morgan fingerprint density at radius 3 is 2.24 bits per heavy atom. The van der Waals surface area contributed by atoms with Gasteiger partial charge in [-0.15, -0.1) is 0 Å². The number of carbonyl (C=O) groups is 1. The molecule has 0 saturated carbocycles. The molecule has 0 radical (unpaired) electrons. The highest BCUT2D eigenvalue weighted by molar-refractivity contribution is 5.68. The summed E-state index contributed by atoms with van der Waals surface area (Å²) >= 11 is 0. The number of amides is 1. The van der Waals surface area contributed by atoms with Crippen LogP contribution in [0, 0.1) is 0 Å². The van der Waals surface area contributed by atoms with Crippen LogP contribution in [-0.2, 0) is 4.74 Å². The first-order valence-electron chi connectivity index (χ1n) is 8.21. The Morgan fingerprint density at radius 1 is 1.29 bits per heavy atom. The van der Waals surface area contributed by atoms with Gasteiger partial charge in [-0.2, -0.15) is 0 Å². The number of ether oxygens (including phenoxy) is 1. The molecule has 0 aromatic heterocycles. The molecule has 5 heteroatoms. The van der Waals surface area contributed by atoms with Crippen LogP contribution in [0.3, 0.4) is 0 Å². The molecule has 0 unspecified atom stereocenters. The number of hydrogen-bond donors (Lipinski definition) is 1. The average molecular weight is 299 g/mol. The van der Waals surface area contributed by atoms with Crippen molar-refractivity contribution in [3.05, 3.63) is 0 Å². The van der Waals surface area contributed by atoms with Crippen molar-refractivity contribution in [1.29, 1.82) is 0 Å². The second-order valence-corrected chi connectivity index (χ2v) is 6.98. The molecule has 124 valence electrons. The predicted octanol–water partition coefficient (Wildman–Crippen LogP) is 2.45. The highest BCUT2D eigenvalue weighted by Gasteiger charge is 2.39. The van der Waals surface area contributed by atoms with Gasteiger partial charge in [-0.25, -0.2) is 4.79 Å². The third-order valence-corrected chi connectivity index (χ3v) is 4.27. The minimum absolute atomic E-state index is 0.0449. The maximum Gasteiger partial charge on any atom is 0.410 e. The van der Waals surface area contributed by atoms with Gasteiger partial charge in [0, 0.05) is 25.2 Å². The zero-order valence-corrected chi connectivity index (χ0v) is 14.4. The number of piperidine rings is 1. The van der Waals surface area contributed by atoms with Crippen molar-refractivity contribution in [2.75, 3.05) is 32.7 Å². The van der Waals surface area contributed by atoms with Crippen molar-refractivity contribution in [3.63, 3.8) is 0 Å². The molecule has 0 bridgehead atoms. The zero-order chi connectivity index (χ0) is 16.1. The fraction of sp³-hybridized carbons (Fsp3) is 0.938. The van der Waals surface area contributed by atoms with Gasteiger partial charge in [0.2, 0.25) is 0 Å². The normalized spacial score (nSPS) is 18.9. The Labute approximate surface area is 129 Å². The van der Waals surface area contributed by atoms with Gasteiger partial charge >= 0.3 is 6.09 Å². The highest BCUT2D eigenvalue weighted by Crippen LogP contribution is 2.29. The van der Waals surface area contributed by atoms with E-state index in [1.807, 2.05) is 25.7 Å². The molecule has 0 spiro atoms. The lowest BCUT2D eigenvalue weighted by molar-refractivity contribution is -0.00362. The van der Waals surface area contributed by atoms with Crippen LogP contribution in [0.4, 0.5) is 4.79 Å². The first kappa shape index (κ1) is 18.2. The quantitative estimate of drug-likeness (QED) is 0.847. The average Bonchev–Trinajstić information content (AvgIpc) is 2.43. The van der Waals surface area contributed by atoms with E-state index in [0.29, 0.717) is 6.54 Å². The summed E-state index contributed by atoms with van der Waals surface area (Å²) in [7, 11) is 0. The van der Waals surface area contributed by atoms with Crippen molar-refractivity contribution in [2.45, 2.75) is 65.0 Å². The lowest BCUT2D eigenvalue weighted by Gasteiger charge is -2.48. The molecule has 1 aliphatic heterocycles. The number of rotatable bonds is 5. The molecule has 2 N–H and O–H groups in total. The van der Waals surface area contributed by atoms with E-state index in [0.717, 1.165) is 45.4 Å². The molecule has 1 aliphatic rings. The minimum atomic E-state index is -0.433. The molecule has 5 nitrogen and oxygen atoms in total. The molecule has 0 aromatic carbocycles. The van der Waals surface area contributed by atoms with Gasteiger partial charge in [-0.3, -0.25) is 4.90 Å². The van der Waals surface area contributed by atoms with Gasteiger partial charge in [-0.1, -0.05) is 13.8 Å². The van der Waals surface area contributed by atoms with Gasteiger partial charge in [0.05, 0.1) is 0 Å². The first-order valence-corrected chi connectivity index (χ1v) is 8.21. The summed E-state index contributed by atoms with van der Waals surface area (Å²) in [5.74, 6) is 0. The van der Waals surface area contributed by atoms with E-state index >= 15 is 0 Å². The van der Waals surface area contributed by atoms with Crippen molar-refractivity contribution in [2.24, 2.45) is 5.73 Å². The second kappa shape index (κ2) is 7.45. The lowest BCUT2D eigenvalue weighted by Crippen LogP contribution is -2.60. The van der Waals surface area contributed by atoms with E-state index in [9.17, 15) is 4.79 Å². The first-order chi connectivity index (χ1) is 9.78. The third kappa shape index (κ3) is 4.85. The second-order valence-electron chi connectivity index (χ2n) is 6.98. The molecule has 0 aromatic rings. The maximum atomic E-state index is 12.1. The fourth-order valence-electron chi connectivity index (χ4n) is 3.08. The van der Waals surface area contributed by atoms with E-state index in [1.165, 1.54) is 0 Å². The van der Waals surface area contributed by atoms with Crippen LogP contribution in [0.1, 0.15) is 53.9 Å². The van der Waals surface area contributed by atoms with Crippen LogP contribution in [0.2, 0.25) is 0 Å². The topological polar surface area (TPSA) is 58.8 Å². The Bertz CT molecular complexity index is 331. The molecular weight excluding hydrogens is 266 g/mol. The molecule has 0 atom stereocenters. The number of nitrogens with zero attached hydrogens (tertiary/aromatic N) is 2. The van der Waals surface area contributed by atoms with Gasteiger partial charge in [0.15, 0.2) is 0 Å². The minimum Gasteiger partial charge on any atom is -0.444 e. The summed E-state index contributed by atoms with van der Waals surface area (Å²) in [6, 6.07) is 0. The SMILES string of the molecule is CCCN(CC)C1(CN)CCN(C(=O)OC(C)(C)C)CC1. The van der Waals surface area contributed by atoms with E-state index in [2.05, 4.69) is 18.7 Å². The van der Waals surface area contributed by atoms with Gasteiger partial charge in [-0.05, 0) is 53.1 Å². The molecule has 1 fully saturated rings. The number of likely N-dealkylation sites (tertiary alicyclic amines) is 1. The molecule has 0 aliphatic carbocycles. The summed E-state index contributed by atoms with van der Waals surface area (Å²) in [6.07, 6.45) is 2.78. The number of hydrogen-bond acceptors (Lipinski definition) is 4. The summed E-state index contributed by atoms with van der Waals surface area (Å²) in [4.78, 5) is 16.4. The Morgan fingerprint density at radius 2 is 1.86 bits per heavy atom. The summed E-state index contributed by atoms with van der Waals surface area (Å²) in [5, 5.41) is 0. The molecule has 21 heavy (non-hydrogen) atoms. The molecule has 1 amide bonds. The van der Waals surface area contributed by atoms with Crippen molar-refractivity contribution >= 4 is 6.09 Å². The van der Waals surface area contributed by atoms with Crippen LogP contribution in [-0.4, -0.2) is 59.8 Å². The lowest BCUT2D eigenvalue weighted by atomic mass is 9.85. The highest BCUT2D eigenvalue weighted by atomic mass is 16.6. The van der Waals surface area contributed by atoms with E-state index < -0.39 is 5.60 Å². The van der Waals surface area contributed by atoms with E-state index in [4.69, 9.17) is 10.5 Å². The predicted molar refractivity (Wildman–Crippen MR) is 86.4 cm³/mol. The zero-order valence-electron chi connectivity index (χ0n) is 14.4. The van der Waals surface area contributed by atoms with Gasteiger partial charge < -0.3 is 15.4 Å². The summed E-state index contributed by atoms with van der Waals surface area (Å²) in [5.41, 5.74) is 5.70.